The second kappa shape index (κ2) is 7.53. The molecular weight excluding hydrogens is 274 g/mol. The first-order chi connectivity index (χ1) is 9.77. The fourth-order valence-electron chi connectivity index (χ4n) is 2.68. The number of hydrogen-bond donors (Lipinski definition) is 0. The monoisotopic (exact) mass is 295 g/mol. The first-order valence-corrected chi connectivity index (χ1v) is 7.90. The van der Waals surface area contributed by atoms with Gasteiger partial charge in [0.2, 0.25) is 0 Å². The van der Waals surface area contributed by atoms with Crippen molar-refractivity contribution in [2.45, 2.75) is 38.6 Å². The molecule has 20 heavy (non-hydrogen) atoms. The summed E-state index contributed by atoms with van der Waals surface area (Å²) in [6.45, 7) is 3.27. The van der Waals surface area contributed by atoms with Crippen molar-refractivity contribution in [2.75, 3.05) is 19.0 Å². The Morgan fingerprint density at radius 2 is 2.15 bits per heavy atom. The molecule has 0 saturated carbocycles. The number of carbonyl (C=O) groups is 1. The van der Waals surface area contributed by atoms with E-state index in [0.29, 0.717) is 23.8 Å². The van der Waals surface area contributed by atoms with Crippen LogP contribution in [0.5, 0.6) is 5.75 Å². The van der Waals surface area contributed by atoms with Crippen molar-refractivity contribution in [2.24, 2.45) is 0 Å². The number of likely N-dealkylation sites (tertiary alicyclic amines) is 1. The van der Waals surface area contributed by atoms with Gasteiger partial charge in [-0.05, 0) is 31.9 Å². The highest BCUT2D eigenvalue weighted by molar-refractivity contribution is 6.18. The number of halogens is 1. The standard InChI is InChI=1S/C16H22ClNO2/c1-2-20-15-10-6-5-9-14(15)16(19)18-11-7-3-4-8-13(18)12-17/h5-6,9-10,13H,2-4,7-8,11-12H2,1H3. The van der Waals surface area contributed by atoms with Crippen LogP contribution in [-0.2, 0) is 0 Å². The van der Waals surface area contributed by atoms with Crippen LogP contribution in [0.3, 0.4) is 0 Å². The van der Waals surface area contributed by atoms with Gasteiger partial charge in [-0.15, -0.1) is 11.6 Å². The van der Waals surface area contributed by atoms with Gasteiger partial charge in [-0.25, -0.2) is 0 Å². The van der Waals surface area contributed by atoms with E-state index in [2.05, 4.69) is 0 Å². The third-order valence-electron chi connectivity index (χ3n) is 3.73. The molecule has 0 radical (unpaired) electrons. The lowest BCUT2D eigenvalue weighted by molar-refractivity contribution is 0.0696. The summed E-state index contributed by atoms with van der Waals surface area (Å²) in [5.41, 5.74) is 0.645. The summed E-state index contributed by atoms with van der Waals surface area (Å²) in [6, 6.07) is 7.60. The van der Waals surface area contributed by atoms with Gasteiger partial charge >= 0.3 is 0 Å². The molecule has 1 aromatic rings. The molecule has 1 aliphatic rings. The Labute approximate surface area is 125 Å². The normalized spacial score (nSPS) is 19.5. The summed E-state index contributed by atoms with van der Waals surface area (Å²) in [7, 11) is 0. The number of ether oxygens (including phenoxy) is 1. The average molecular weight is 296 g/mol. The predicted octanol–water partition coefficient (Wildman–Crippen LogP) is 3.71. The Hall–Kier alpha value is -1.22. The Bertz CT molecular complexity index is 450. The van der Waals surface area contributed by atoms with Crippen LogP contribution in [0.25, 0.3) is 0 Å². The fourth-order valence-corrected chi connectivity index (χ4v) is 3.01. The zero-order chi connectivity index (χ0) is 14.4. The quantitative estimate of drug-likeness (QED) is 0.793. The number of para-hydroxylation sites is 1. The largest absolute Gasteiger partial charge is 0.493 e. The van der Waals surface area contributed by atoms with Gasteiger partial charge in [-0.3, -0.25) is 4.79 Å². The molecule has 1 unspecified atom stereocenters. The van der Waals surface area contributed by atoms with Gasteiger partial charge < -0.3 is 9.64 Å². The van der Waals surface area contributed by atoms with Gasteiger partial charge in [-0.1, -0.05) is 25.0 Å². The van der Waals surface area contributed by atoms with Gasteiger partial charge in [0.25, 0.3) is 5.91 Å². The predicted molar refractivity (Wildman–Crippen MR) is 81.6 cm³/mol. The molecule has 1 amide bonds. The highest BCUT2D eigenvalue weighted by Gasteiger charge is 2.27. The molecule has 3 nitrogen and oxygen atoms in total. The summed E-state index contributed by atoms with van der Waals surface area (Å²) < 4.78 is 5.57. The fraction of sp³-hybridized carbons (Fsp3) is 0.562. The Balaban J connectivity index is 2.24. The minimum absolute atomic E-state index is 0.0431. The Kier molecular flexibility index (Phi) is 5.72. The third-order valence-corrected chi connectivity index (χ3v) is 4.09. The van der Waals surface area contributed by atoms with Gasteiger partial charge in [0.05, 0.1) is 12.2 Å². The lowest BCUT2D eigenvalue weighted by atomic mass is 10.1. The first-order valence-electron chi connectivity index (χ1n) is 7.36. The summed E-state index contributed by atoms with van der Waals surface area (Å²) in [5, 5.41) is 0. The number of hydrogen-bond acceptors (Lipinski definition) is 2. The van der Waals surface area contributed by atoms with Gasteiger partial charge in [0.15, 0.2) is 0 Å². The topological polar surface area (TPSA) is 29.5 Å². The number of benzene rings is 1. The molecule has 0 aliphatic carbocycles. The number of carbonyl (C=O) groups excluding carboxylic acids is 1. The van der Waals surface area contributed by atoms with E-state index in [1.165, 1.54) is 6.42 Å². The lowest BCUT2D eigenvalue weighted by Gasteiger charge is -2.29. The van der Waals surface area contributed by atoms with Crippen molar-refractivity contribution < 1.29 is 9.53 Å². The molecule has 1 aromatic carbocycles. The molecule has 0 N–H and O–H groups in total. The Morgan fingerprint density at radius 1 is 1.35 bits per heavy atom. The van der Waals surface area contributed by atoms with E-state index >= 15 is 0 Å². The summed E-state index contributed by atoms with van der Waals surface area (Å²) in [4.78, 5) is 14.7. The summed E-state index contributed by atoms with van der Waals surface area (Å²) in [5.74, 6) is 1.21. The van der Waals surface area contributed by atoms with Crippen molar-refractivity contribution in [3.05, 3.63) is 29.8 Å². The third kappa shape index (κ3) is 3.45. The van der Waals surface area contributed by atoms with Crippen molar-refractivity contribution in [1.29, 1.82) is 0 Å². The van der Waals surface area contributed by atoms with E-state index in [1.807, 2.05) is 36.1 Å². The van der Waals surface area contributed by atoms with E-state index in [1.54, 1.807) is 0 Å². The minimum Gasteiger partial charge on any atom is -0.493 e. The molecule has 4 heteroatoms. The van der Waals surface area contributed by atoms with Crippen LogP contribution in [-0.4, -0.2) is 35.9 Å². The number of alkyl halides is 1. The van der Waals surface area contributed by atoms with E-state index < -0.39 is 0 Å². The number of nitrogens with zero attached hydrogens (tertiary/aromatic N) is 1. The van der Waals surface area contributed by atoms with Crippen LogP contribution < -0.4 is 4.74 Å². The Morgan fingerprint density at radius 3 is 2.90 bits per heavy atom. The molecule has 110 valence electrons. The molecule has 2 rings (SSSR count). The lowest BCUT2D eigenvalue weighted by Crippen LogP contribution is -2.41. The maximum atomic E-state index is 12.8. The highest BCUT2D eigenvalue weighted by atomic mass is 35.5. The second-order valence-electron chi connectivity index (χ2n) is 5.09. The maximum Gasteiger partial charge on any atom is 0.257 e. The molecule has 0 bridgehead atoms. The van der Waals surface area contributed by atoms with Crippen LogP contribution in [0.4, 0.5) is 0 Å². The van der Waals surface area contributed by atoms with Crippen molar-refractivity contribution in [1.82, 2.24) is 4.90 Å². The maximum absolute atomic E-state index is 12.8. The minimum atomic E-state index is 0.0431. The molecule has 1 saturated heterocycles. The van der Waals surface area contributed by atoms with Crippen LogP contribution in [0, 0.1) is 0 Å². The molecule has 1 atom stereocenters. The van der Waals surface area contributed by atoms with Crippen LogP contribution >= 0.6 is 11.6 Å². The molecule has 1 heterocycles. The molecule has 1 aliphatic heterocycles. The molecule has 0 aromatic heterocycles. The van der Waals surface area contributed by atoms with E-state index in [4.69, 9.17) is 16.3 Å². The van der Waals surface area contributed by atoms with Crippen molar-refractivity contribution in [3.63, 3.8) is 0 Å². The molecular formula is C16H22ClNO2. The zero-order valence-corrected chi connectivity index (χ0v) is 12.7. The SMILES string of the molecule is CCOc1ccccc1C(=O)N1CCCCCC1CCl. The summed E-state index contributed by atoms with van der Waals surface area (Å²) >= 11 is 6.05. The first kappa shape index (κ1) is 15.2. The van der Waals surface area contributed by atoms with Crippen molar-refractivity contribution in [3.8, 4) is 5.75 Å². The van der Waals surface area contributed by atoms with Gasteiger partial charge in [0.1, 0.15) is 5.75 Å². The molecule has 0 spiro atoms. The van der Waals surface area contributed by atoms with Crippen LogP contribution in [0.1, 0.15) is 43.0 Å². The van der Waals surface area contributed by atoms with E-state index in [-0.39, 0.29) is 11.9 Å². The number of rotatable bonds is 4. The van der Waals surface area contributed by atoms with Crippen LogP contribution in [0.15, 0.2) is 24.3 Å². The molecule has 1 fully saturated rings. The van der Waals surface area contributed by atoms with E-state index in [9.17, 15) is 4.79 Å². The van der Waals surface area contributed by atoms with Crippen LogP contribution in [0.2, 0.25) is 0 Å². The summed E-state index contributed by atoms with van der Waals surface area (Å²) in [6.07, 6.45) is 4.36. The van der Waals surface area contributed by atoms with Crippen molar-refractivity contribution >= 4 is 17.5 Å². The zero-order valence-electron chi connectivity index (χ0n) is 12.0. The van der Waals surface area contributed by atoms with Gasteiger partial charge in [-0.2, -0.15) is 0 Å². The highest BCUT2D eigenvalue weighted by Crippen LogP contribution is 2.24. The average Bonchev–Trinajstić information content (AvgIpc) is 2.72. The van der Waals surface area contributed by atoms with Gasteiger partial charge in [0, 0.05) is 18.5 Å². The van der Waals surface area contributed by atoms with E-state index in [0.717, 1.165) is 25.8 Å². The smallest absolute Gasteiger partial charge is 0.257 e. The second-order valence-corrected chi connectivity index (χ2v) is 5.39. The number of amides is 1.